The number of carbonyl (C=O) groups excluding carboxylic acids is 1. The van der Waals surface area contributed by atoms with Crippen LogP contribution in [0.3, 0.4) is 0 Å². The molecule has 5 nitrogen and oxygen atoms in total. The smallest absolute Gasteiger partial charge is 0.261 e. The molecule has 2 atom stereocenters. The van der Waals surface area contributed by atoms with Gasteiger partial charge in [0.1, 0.15) is 17.1 Å². The molecule has 0 radical (unpaired) electrons. The van der Waals surface area contributed by atoms with Crippen molar-refractivity contribution >= 4 is 16.9 Å². The summed E-state index contributed by atoms with van der Waals surface area (Å²) in [6.07, 6.45) is -0.667. The Morgan fingerprint density at radius 3 is 2.56 bits per heavy atom. The Balaban J connectivity index is 1.62. The van der Waals surface area contributed by atoms with E-state index in [0.29, 0.717) is 17.1 Å². The maximum absolute atomic E-state index is 12.3. The van der Waals surface area contributed by atoms with E-state index in [1.54, 1.807) is 31.2 Å². The predicted octanol–water partition coefficient (Wildman–Crippen LogP) is 3.95. The van der Waals surface area contributed by atoms with Gasteiger partial charge >= 0.3 is 0 Å². The molecule has 0 aliphatic heterocycles. The van der Waals surface area contributed by atoms with Gasteiger partial charge in [0.15, 0.2) is 6.10 Å². The van der Waals surface area contributed by atoms with E-state index in [0.717, 1.165) is 11.0 Å². The van der Waals surface area contributed by atoms with E-state index in [2.05, 4.69) is 5.32 Å². The number of carbonyl (C=O) groups is 1. The lowest BCUT2D eigenvalue weighted by molar-refractivity contribution is -0.128. The third-order valence-electron chi connectivity index (χ3n) is 3.90. The first kappa shape index (κ1) is 16.6. The summed E-state index contributed by atoms with van der Waals surface area (Å²) in [5.41, 5.74) is 1.34. The van der Waals surface area contributed by atoms with E-state index in [4.69, 9.17) is 14.4 Å². The molecular weight excluding hydrogens is 316 g/mol. The zero-order valence-electron chi connectivity index (χ0n) is 14.0. The Bertz CT molecular complexity index is 889. The molecule has 1 aromatic heterocycles. The fraction of sp³-hybridized carbons (Fsp3) is 0.200. The van der Waals surface area contributed by atoms with E-state index in [1.807, 2.05) is 43.3 Å². The highest BCUT2D eigenvalue weighted by Gasteiger charge is 2.19. The number of para-hydroxylation sites is 1. The Morgan fingerprint density at radius 1 is 1.16 bits per heavy atom. The summed E-state index contributed by atoms with van der Waals surface area (Å²) in [5.74, 6) is 0.996. The zero-order valence-corrected chi connectivity index (χ0v) is 14.0. The molecule has 1 amide bonds. The quantitative estimate of drug-likeness (QED) is 0.766. The average molecular weight is 334 g/mol. The first-order valence-electron chi connectivity index (χ1n) is 8.02. The SMILES string of the molecule is CC(Oc1ccc(C#N)cc1)C(=O)NC(C)c1cc2ccccc2o1. The van der Waals surface area contributed by atoms with Gasteiger partial charge in [0.05, 0.1) is 17.7 Å². The number of hydrogen-bond donors (Lipinski definition) is 1. The van der Waals surface area contributed by atoms with Crippen molar-refractivity contribution in [2.24, 2.45) is 0 Å². The van der Waals surface area contributed by atoms with Crippen molar-refractivity contribution in [3.8, 4) is 11.8 Å². The number of benzene rings is 2. The molecule has 0 saturated heterocycles. The second kappa shape index (κ2) is 7.10. The fourth-order valence-corrected chi connectivity index (χ4v) is 2.48. The maximum Gasteiger partial charge on any atom is 0.261 e. The number of fused-ring (bicyclic) bond motifs is 1. The molecule has 2 aromatic carbocycles. The third-order valence-corrected chi connectivity index (χ3v) is 3.90. The number of rotatable bonds is 5. The molecule has 0 spiro atoms. The van der Waals surface area contributed by atoms with Crippen LogP contribution in [0.4, 0.5) is 0 Å². The minimum Gasteiger partial charge on any atom is -0.481 e. The zero-order chi connectivity index (χ0) is 17.8. The lowest BCUT2D eigenvalue weighted by atomic mass is 10.2. The molecule has 3 aromatic rings. The van der Waals surface area contributed by atoms with Gasteiger partial charge in [-0.25, -0.2) is 0 Å². The topological polar surface area (TPSA) is 75.3 Å². The van der Waals surface area contributed by atoms with E-state index in [-0.39, 0.29) is 11.9 Å². The summed E-state index contributed by atoms with van der Waals surface area (Å²) in [6, 6.07) is 18.0. The summed E-state index contributed by atoms with van der Waals surface area (Å²) in [4.78, 5) is 12.3. The molecule has 0 aliphatic rings. The van der Waals surface area contributed by atoms with Crippen LogP contribution in [0, 0.1) is 11.3 Å². The summed E-state index contributed by atoms with van der Waals surface area (Å²) in [5, 5.41) is 12.7. The van der Waals surface area contributed by atoms with Gasteiger partial charge in [0.2, 0.25) is 0 Å². The van der Waals surface area contributed by atoms with Crippen molar-refractivity contribution in [3.63, 3.8) is 0 Å². The van der Waals surface area contributed by atoms with Gasteiger partial charge in [0, 0.05) is 5.39 Å². The lowest BCUT2D eigenvalue weighted by Gasteiger charge is -2.17. The van der Waals surface area contributed by atoms with Crippen LogP contribution in [0.5, 0.6) is 5.75 Å². The van der Waals surface area contributed by atoms with Crippen LogP contribution in [-0.2, 0) is 4.79 Å². The number of amides is 1. The number of hydrogen-bond acceptors (Lipinski definition) is 4. The van der Waals surface area contributed by atoms with Gasteiger partial charge in [-0.05, 0) is 50.2 Å². The van der Waals surface area contributed by atoms with E-state index in [1.165, 1.54) is 0 Å². The third kappa shape index (κ3) is 3.81. The fourth-order valence-electron chi connectivity index (χ4n) is 2.48. The highest BCUT2D eigenvalue weighted by molar-refractivity contribution is 5.82. The van der Waals surface area contributed by atoms with Gasteiger partial charge in [-0.1, -0.05) is 18.2 Å². The molecular formula is C20H18N2O3. The maximum atomic E-state index is 12.3. The van der Waals surface area contributed by atoms with Crippen molar-refractivity contribution in [3.05, 3.63) is 65.9 Å². The minimum atomic E-state index is -0.667. The van der Waals surface area contributed by atoms with Crippen LogP contribution < -0.4 is 10.1 Å². The Labute approximate surface area is 145 Å². The van der Waals surface area contributed by atoms with Crippen molar-refractivity contribution in [2.45, 2.75) is 26.0 Å². The van der Waals surface area contributed by atoms with Crippen molar-refractivity contribution in [1.29, 1.82) is 5.26 Å². The normalized spacial score (nSPS) is 13.0. The summed E-state index contributed by atoms with van der Waals surface area (Å²) in [6.45, 7) is 3.54. The number of nitriles is 1. The molecule has 25 heavy (non-hydrogen) atoms. The molecule has 0 aliphatic carbocycles. The molecule has 126 valence electrons. The Hall–Kier alpha value is -3.26. The van der Waals surface area contributed by atoms with Crippen LogP contribution in [0.15, 0.2) is 59.0 Å². The molecule has 5 heteroatoms. The Kier molecular flexibility index (Phi) is 4.71. The standard InChI is InChI=1S/C20H18N2O3/c1-13(19-11-16-5-3-4-6-18(16)25-19)22-20(23)14(2)24-17-9-7-15(12-21)8-10-17/h3-11,13-14H,1-2H3,(H,22,23). The number of nitrogens with one attached hydrogen (secondary N) is 1. The summed E-state index contributed by atoms with van der Waals surface area (Å²) >= 11 is 0. The van der Waals surface area contributed by atoms with Gasteiger partial charge in [0.25, 0.3) is 5.91 Å². The van der Waals surface area contributed by atoms with Crippen LogP contribution in [0.1, 0.15) is 31.2 Å². The molecule has 0 bridgehead atoms. The molecule has 1 N–H and O–H groups in total. The second-order valence-corrected chi connectivity index (χ2v) is 5.81. The minimum absolute atomic E-state index is 0.239. The van der Waals surface area contributed by atoms with Gasteiger partial charge in [-0.15, -0.1) is 0 Å². The van der Waals surface area contributed by atoms with E-state index >= 15 is 0 Å². The monoisotopic (exact) mass is 334 g/mol. The second-order valence-electron chi connectivity index (χ2n) is 5.81. The van der Waals surface area contributed by atoms with Gasteiger partial charge < -0.3 is 14.5 Å². The van der Waals surface area contributed by atoms with E-state index < -0.39 is 6.10 Å². The van der Waals surface area contributed by atoms with Crippen LogP contribution in [-0.4, -0.2) is 12.0 Å². The number of ether oxygens (including phenoxy) is 1. The first-order chi connectivity index (χ1) is 12.1. The number of nitrogens with zero attached hydrogens (tertiary/aromatic N) is 1. The average Bonchev–Trinajstić information content (AvgIpc) is 3.06. The van der Waals surface area contributed by atoms with Crippen LogP contribution in [0.2, 0.25) is 0 Å². The largest absolute Gasteiger partial charge is 0.481 e. The molecule has 0 fully saturated rings. The molecule has 1 heterocycles. The van der Waals surface area contributed by atoms with Crippen molar-refractivity contribution < 1.29 is 13.9 Å². The summed E-state index contributed by atoms with van der Waals surface area (Å²) < 4.78 is 11.4. The van der Waals surface area contributed by atoms with Crippen LogP contribution >= 0.6 is 0 Å². The van der Waals surface area contributed by atoms with Crippen molar-refractivity contribution in [2.75, 3.05) is 0 Å². The van der Waals surface area contributed by atoms with E-state index in [9.17, 15) is 4.79 Å². The predicted molar refractivity (Wildman–Crippen MR) is 94.0 cm³/mol. The van der Waals surface area contributed by atoms with Crippen LogP contribution in [0.25, 0.3) is 11.0 Å². The first-order valence-corrected chi connectivity index (χ1v) is 8.02. The van der Waals surface area contributed by atoms with Gasteiger partial charge in [-0.3, -0.25) is 4.79 Å². The molecule has 2 unspecified atom stereocenters. The van der Waals surface area contributed by atoms with Crippen molar-refractivity contribution in [1.82, 2.24) is 5.32 Å². The lowest BCUT2D eigenvalue weighted by Crippen LogP contribution is -2.37. The Morgan fingerprint density at radius 2 is 1.88 bits per heavy atom. The summed E-state index contributed by atoms with van der Waals surface area (Å²) in [7, 11) is 0. The molecule has 3 rings (SSSR count). The number of furan rings is 1. The highest BCUT2D eigenvalue weighted by atomic mass is 16.5. The van der Waals surface area contributed by atoms with Gasteiger partial charge in [-0.2, -0.15) is 5.26 Å². The highest BCUT2D eigenvalue weighted by Crippen LogP contribution is 2.23. The molecule has 0 saturated carbocycles.